The number of hydrazone groups is 1. The number of rotatable bonds is 5. The van der Waals surface area contributed by atoms with E-state index in [0.717, 1.165) is 45.7 Å². The number of aromatic nitrogens is 2. The monoisotopic (exact) mass is 555 g/mol. The molecule has 8 heteroatoms. The summed E-state index contributed by atoms with van der Waals surface area (Å²) in [5, 5.41) is 10.7. The Morgan fingerprint density at radius 3 is 2.62 bits per heavy atom. The van der Waals surface area contributed by atoms with E-state index in [4.69, 9.17) is 4.42 Å². The summed E-state index contributed by atoms with van der Waals surface area (Å²) in [5.41, 5.74) is 8.89. The normalized spacial score (nSPS) is 14.0. The van der Waals surface area contributed by atoms with Gasteiger partial charge in [0.05, 0.1) is 11.2 Å². The average molecular weight is 556 g/mol. The highest BCUT2D eigenvalue weighted by atomic mass is 16.4. The van der Waals surface area contributed by atoms with Gasteiger partial charge >= 0.3 is 0 Å². The molecule has 0 aliphatic heterocycles. The van der Waals surface area contributed by atoms with Crippen molar-refractivity contribution in [3.05, 3.63) is 107 Å². The predicted molar refractivity (Wildman–Crippen MR) is 165 cm³/mol. The van der Waals surface area contributed by atoms with Gasteiger partial charge < -0.3 is 14.3 Å². The molecule has 6 aromatic rings. The van der Waals surface area contributed by atoms with Crippen LogP contribution in [0.4, 0.5) is 5.69 Å². The van der Waals surface area contributed by atoms with Gasteiger partial charge in [0, 0.05) is 57.0 Å². The lowest BCUT2D eigenvalue weighted by atomic mass is 9.93. The van der Waals surface area contributed by atoms with Crippen LogP contribution in [0.5, 0.6) is 0 Å². The minimum Gasteiger partial charge on any atom is -0.455 e. The van der Waals surface area contributed by atoms with E-state index in [9.17, 15) is 9.59 Å². The van der Waals surface area contributed by atoms with Crippen LogP contribution in [0.1, 0.15) is 57.7 Å². The molecule has 0 saturated carbocycles. The molecule has 0 spiro atoms. The number of fused-ring (bicyclic) bond motifs is 5. The average Bonchev–Trinajstić information content (AvgIpc) is 3.54. The lowest BCUT2D eigenvalue weighted by Gasteiger charge is -2.13. The second kappa shape index (κ2) is 10.3. The molecule has 2 amide bonds. The molecule has 0 radical (unpaired) electrons. The van der Waals surface area contributed by atoms with E-state index >= 15 is 0 Å². The van der Waals surface area contributed by atoms with Crippen molar-refractivity contribution < 1.29 is 14.0 Å². The molecule has 0 saturated heterocycles. The van der Waals surface area contributed by atoms with Gasteiger partial charge in [-0.1, -0.05) is 42.5 Å². The van der Waals surface area contributed by atoms with Crippen molar-refractivity contribution in [1.82, 2.24) is 15.0 Å². The van der Waals surface area contributed by atoms with Gasteiger partial charge in [-0.3, -0.25) is 9.59 Å². The maximum Gasteiger partial charge on any atom is 0.291 e. The Hall–Kier alpha value is -5.24. The van der Waals surface area contributed by atoms with Crippen LogP contribution >= 0.6 is 0 Å². The fourth-order valence-corrected chi connectivity index (χ4v) is 6.02. The van der Waals surface area contributed by atoms with Crippen LogP contribution in [0.3, 0.4) is 0 Å². The Balaban J connectivity index is 1.14. The van der Waals surface area contributed by atoms with Gasteiger partial charge in [0.1, 0.15) is 11.5 Å². The molecule has 3 aromatic carbocycles. The van der Waals surface area contributed by atoms with Crippen molar-refractivity contribution in [3.8, 4) is 0 Å². The lowest BCUT2D eigenvalue weighted by Crippen LogP contribution is -2.23. The molecule has 0 atom stereocenters. The van der Waals surface area contributed by atoms with Crippen LogP contribution < -0.4 is 10.7 Å². The second-order valence-electron chi connectivity index (χ2n) is 10.5. The number of benzene rings is 3. The molecule has 1 aliphatic rings. The fourth-order valence-electron chi connectivity index (χ4n) is 6.02. The van der Waals surface area contributed by atoms with Crippen LogP contribution in [0.15, 0.2) is 88.4 Å². The number of aryl methyl sites for hydroxylation is 2. The molecule has 3 aromatic heterocycles. The molecule has 7 rings (SSSR count). The van der Waals surface area contributed by atoms with Crippen molar-refractivity contribution in [1.29, 1.82) is 0 Å². The fraction of sp³-hybridized carbons (Fsp3) is 0.176. The number of pyridine rings is 1. The predicted octanol–water partition coefficient (Wildman–Crippen LogP) is 6.99. The van der Waals surface area contributed by atoms with E-state index in [1.165, 1.54) is 5.52 Å². The summed E-state index contributed by atoms with van der Waals surface area (Å²) < 4.78 is 8.37. The maximum absolute atomic E-state index is 13.5. The van der Waals surface area contributed by atoms with Gasteiger partial charge in [-0.25, -0.2) is 10.4 Å². The number of anilines is 1. The summed E-state index contributed by atoms with van der Waals surface area (Å²) >= 11 is 0. The molecule has 0 unspecified atom stereocenters. The van der Waals surface area contributed by atoms with Gasteiger partial charge in [0.25, 0.3) is 11.8 Å². The number of hydrogen-bond acceptors (Lipinski definition) is 5. The van der Waals surface area contributed by atoms with Crippen LogP contribution in [0.2, 0.25) is 0 Å². The molecule has 0 fully saturated rings. The first-order valence-electron chi connectivity index (χ1n) is 14.2. The lowest BCUT2D eigenvalue weighted by molar-refractivity contribution is 0.0949. The zero-order valence-corrected chi connectivity index (χ0v) is 23.4. The van der Waals surface area contributed by atoms with Gasteiger partial charge in [-0.2, -0.15) is 5.10 Å². The second-order valence-corrected chi connectivity index (χ2v) is 10.5. The Morgan fingerprint density at radius 1 is 0.929 bits per heavy atom. The third-order valence-corrected chi connectivity index (χ3v) is 8.00. The first-order chi connectivity index (χ1) is 20.5. The highest BCUT2D eigenvalue weighted by molar-refractivity contribution is 6.12. The van der Waals surface area contributed by atoms with E-state index in [2.05, 4.69) is 44.5 Å². The number of carbonyl (C=O) groups is 2. The summed E-state index contributed by atoms with van der Waals surface area (Å²) in [6.07, 6.45) is 2.17. The summed E-state index contributed by atoms with van der Waals surface area (Å²) in [6.45, 7) is 4.85. The Bertz CT molecular complexity index is 2070. The molecule has 3 heterocycles. The molecule has 8 nitrogen and oxygen atoms in total. The third-order valence-electron chi connectivity index (χ3n) is 8.00. The summed E-state index contributed by atoms with van der Waals surface area (Å²) in [4.78, 5) is 30.8. The van der Waals surface area contributed by atoms with Crippen LogP contribution in [-0.4, -0.2) is 27.1 Å². The standard InChI is InChI=1S/C34H29N5O3/c1-3-39-28-13-7-5-10-23(28)24-19-22(16-18-29(24)39)35-34(41)32-20(2)31-26(12-8-14-30(31)42-32)37-38-33(40)27-17-15-21-9-4-6-11-25(21)36-27/h4-7,9-11,13,15-19H,3,8,12,14H2,1-2H3,(H,35,41)(H,38,40)/b37-26+. The minimum absolute atomic E-state index is 0.258. The SMILES string of the molecule is CCn1c2ccccc2c2cc(NC(=O)c3oc4c(c3C)/C(=N/NC(=O)c3ccc5ccccc5n3)CCC4)ccc21. The largest absolute Gasteiger partial charge is 0.455 e. The first-order valence-corrected chi connectivity index (χ1v) is 14.2. The quantitative estimate of drug-likeness (QED) is 0.224. The van der Waals surface area contributed by atoms with Gasteiger partial charge in [-0.05, 0) is 63.1 Å². The van der Waals surface area contributed by atoms with Crippen LogP contribution in [0, 0.1) is 6.92 Å². The number of nitrogens with one attached hydrogen (secondary N) is 2. The number of para-hydroxylation sites is 2. The Morgan fingerprint density at radius 2 is 1.74 bits per heavy atom. The number of amides is 2. The van der Waals surface area contributed by atoms with Crippen LogP contribution in [0.25, 0.3) is 32.7 Å². The first kappa shape index (κ1) is 25.7. The molecule has 1 aliphatic carbocycles. The highest BCUT2D eigenvalue weighted by Gasteiger charge is 2.28. The molecular formula is C34H29N5O3. The molecule has 208 valence electrons. The highest BCUT2D eigenvalue weighted by Crippen LogP contribution is 2.33. The van der Waals surface area contributed by atoms with Gasteiger partial charge in [0.2, 0.25) is 0 Å². The zero-order valence-electron chi connectivity index (χ0n) is 23.4. The summed E-state index contributed by atoms with van der Waals surface area (Å²) in [7, 11) is 0. The molecule has 2 N–H and O–H groups in total. The van der Waals surface area contributed by atoms with Crippen molar-refractivity contribution >= 4 is 55.9 Å². The van der Waals surface area contributed by atoms with E-state index in [1.54, 1.807) is 6.07 Å². The Kier molecular flexibility index (Phi) is 6.31. The number of furan rings is 1. The molecular weight excluding hydrogens is 526 g/mol. The number of hydrogen-bond donors (Lipinski definition) is 2. The van der Waals surface area contributed by atoms with Crippen molar-refractivity contribution in [2.45, 2.75) is 39.7 Å². The van der Waals surface area contributed by atoms with Crippen molar-refractivity contribution in [2.24, 2.45) is 5.10 Å². The molecule has 0 bridgehead atoms. The number of nitrogens with zero attached hydrogens (tertiary/aromatic N) is 3. The van der Waals surface area contributed by atoms with E-state index < -0.39 is 0 Å². The van der Waals surface area contributed by atoms with Crippen LogP contribution in [-0.2, 0) is 13.0 Å². The van der Waals surface area contributed by atoms with E-state index in [-0.39, 0.29) is 23.3 Å². The van der Waals surface area contributed by atoms with E-state index in [0.29, 0.717) is 35.6 Å². The van der Waals surface area contributed by atoms with E-state index in [1.807, 2.05) is 67.6 Å². The van der Waals surface area contributed by atoms with Crippen molar-refractivity contribution in [2.75, 3.05) is 5.32 Å². The summed E-state index contributed by atoms with van der Waals surface area (Å²) in [5.74, 6) is 0.263. The topological polar surface area (TPSA) is 102 Å². The molecule has 42 heavy (non-hydrogen) atoms. The van der Waals surface area contributed by atoms with Gasteiger partial charge in [0.15, 0.2) is 5.76 Å². The summed E-state index contributed by atoms with van der Waals surface area (Å²) in [6, 6.07) is 25.5. The number of carbonyl (C=O) groups excluding carboxylic acids is 2. The maximum atomic E-state index is 13.5. The third kappa shape index (κ3) is 4.32. The minimum atomic E-state index is -0.390. The van der Waals surface area contributed by atoms with Crippen molar-refractivity contribution in [3.63, 3.8) is 0 Å². The zero-order chi connectivity index (χ0) is 28.8. The Labute approximate surface area is 242 Å². The smallest absolute Gasteiger partial charge is 0.291 e. The van der Waals surface area contributed by atoms with Gasteiger partial charge in [-0.15, -0.1) is 0 Å².